The van der Waals surface area contributed by atoms with Crippen LogP contribution in [0.25, 0.3) is 0 Å². The standard InChI is InChI=1S/C14H13Br2NO/c15-13-7-6-12(8-14(13)16)9-17-18-10-11-4-2-1-3-5-11/h1-8,17H,9-10H2. The Balaban J connectivity index is 1.77. The van der Waals surface area contributed by atoms with Gasteiger partial charge in [0, 0.05) is 15.5 Å². The maximum absolute atomic E-state index is 5.42. The zero-order chi connectivity index (χ0) is 12.8. The van der Waals surface area contributed by atoms with Gasteiger partial charge in [0.25, 0.3) is 0 Å². The molecule has 2 rings (SSSR count). The summed E-state index contributed by atoms with van der Waals surface area (Å²) in [4.78, 5) is 5.42. The molecule has 18 heavy (non-hydrogen) atoms. The molecule has 1 N–H and O–H groups in total. The van der Waals surface area contributed by atoms with Gasteiger partial charge in [0.05, 0.1) is 6.61 Å². The van der Waals surface area contributed by atoms with Crippen molar-refractivity contribution in [2.75, 3.05) is 0 Å². The molecule has 0 saturated heterocycles. The van der Waals surface area contributed by atoms with Gasteiger partial charge in [-0.2, -0.15) is 5.48 Å². The number of hydrogen-bond donors (Lipinski definition) is 1. The molecule has 0 unspecified atom stereocenters. The minimum Gasteiger partial charge on any atom is -0.297 e. The first-order valence-corrected chi connectivity index (χ1v) is 7.17. The third-order valence-electron chi connectivity index (χ3n) is 2.44. The van der Waals surface area contributed by atoms with Gasteiger partial charge in [-0.25, -0.2) is 0 Å². The molecule has 0 radical (unpaired) electrons. The zero-order valence-corrected chi connectivity index (χ0v) is 12.9. The van der Waals surface area contributed by atoms with Crippen molar-refractivity contribution in [1.82, 2.24) is 5.48 Å². The van der Waals surface area contributed by atoms with Gasteiger partial charge in [-0.15, -0.1) is 0 Å². The maximum Gasteiger partial charge on any atom is 0.0933 e. The molecule has 0 bridgehead atoms. The molecule has 0 amide bonds. The second-order valence-electron chi connectivity index (χ2n) is 3.84. The van der Waals surface area contributed by atoms with E-state index in [0.29, 0.717) is 13.2 Å². The molecular weight excluding hydrogens is 358 g/mol. The van der Waals surface area contributed by atoms with Gasteiger partial charge < -0.3 is 0 Å². The van der Waals surface area contributed by atoms with Crippen molar-refractivity contribution < 1.29 is 4.84 Å². The van der Waals surface area contributed by atoms with Crippen LogP contribution in [0, 0.1) is 0 Å². The molecule has 0 atom stereocenters. The van der Waals surface area contributed by atoms with Crippen molar-refractivity contribution in [1.29, 1.82) is 0 Å². The van der Waals surface area contributed by atoms with Crippen LogP contribution in [0.4, 0.5) is 0 Å². The van der Waals surface area contributed by atoms with Crippen molar-refractivity contribution in [3.05, 3.63) is 68.6 Å². The first kappa shape index (κ1) is 13.7. The summed E-state index contributed by atoms with van der Waals surface area (Å²) < 4.78 is 2.10. The Morgan fingerprint density at radius 3 is 2.39 bits per heavy atom. The molecule has 2 aromatic rings. The monoisotopic (exact) mass is 369 g/mol. The molecule has 94 valence electrons. The first-order valence-electron chi connectivity index (χ1n) is 5.58. The van der Waals surface area contributed by atoms with Crippen LogP contribution in [-0.4, -0.2) is 0 Å². The van der Waals surface area contributed by atoms with E-state index in [9.17, 15) is 0 Å². The van der Waals surface area contributed by atoms with Crippen LogP contribution in [0.2, 0.25) is 0 Å². The maximum atomic E-state index is 5.42. The predicted octanol–water partition coefficient (Wildman–Crippen LogP) is 4.43. The quantitative estimate of drug-likeness (QED) is 0.620. The predicted molar refractivity (Wildman–Crippen MR) is 79.9 cm³/mol. The van der Waals surface area contributed by atoms with Crippen molar-refractivity contribution in [2.45, 2.75) is 13.2 Å². The molecule has 0 fully saturated rings. The van der Waals surface area contributed by atoms with E-state index in [1.807, 2.05) is 42.5 Å². The Morgan fingerprint density at radius 2 is 1.67 bits per heavy atom. The Morgan fingerprint density at radius 1 is 0.889 bits per heavy atom. The summed E-state index contributed by atoms with van der Waals surface area (Å²) in [7, 11) is 0. The highest BCUT2D eigenvalue weighted by molar-refractivity contribution is 9.13. The SMILES string of the molecule is Brc1ccc(CNOCc2ccccc2)cc1Br. The molecule has 0 spiro atoms. The van der Waals surface area contributed by atoms with Gasteiger partial charge in [0.15, 0.2) is 0 Å². The molecular formula is C14H13Br2NO. The van der Waals surface area contributed by atoms with Crippen molar-refractivity contribution >= 4 is 31.9 Å². The van der Waals surface area contributed by atoms with E-state index in [0.717, 1.165) is 20.1 Å². The van der Waals surface area contributed by atoms with Crippen LogP contribution in [0.1, 0.15) is 11.1 Å². The van der Waals surface area contributed by atoms with Gasteiger partial charge in [-0.3, -0.25) is 4.84 Å². The second-order valence-corrected chi connectivity index (χ2v) is 5.55. The minimum atomic E-state index is 0.568. The van der Waals surface area contributed by atoms with Gasteiger partial charge >= 0.3 is 0 Å². The molecule has 2 nitrogen and oxygen atoms in total. The topological polar surface area (TPSA) is 21.3 Å². The Kier molecular flexibility index (Phi) is 5.38. The Bertz CT molecular complexity index is 502. The average Bonchev–Trinajstić information content (AvgIpc) is 2.40. The number of hydroxylamine groups is 1. The van der Waals surface area contributed by atoms with Gasteiger partial charge in [0.1, 0.15) is 0 Å². The lowest BCUT2D eigenvalue weighted by atomic mass is 10.2. The molecule has 0 aliphatic rings. The van der Waals surface area contributed by atoms with Gasteiger partial charge in [-0.05, 0) is 55.1 Å². The third kappa shape index (κ3) is 4.21. The fraction of sp³-hybridized carbons (Fsp3) is 0.143. The van der Waals surface area contributed by atoms with Crippen LogP contribution >= 0.6 is 31.9 Å². The minimum absolute atomic E-state index is 0.568. The molecule has 0 heterocycles. The Hall–Kier alpha value is -0.680. The number of nitrogens with one attached hydrogen (secondary N) is 1. The summed E-state index contributed by atoms with van der Waals surface area (Å²) >= 11 is 6.92. The lowest BCUT2D eigenvalue weighted by Crippen LogP contribution is -2.13. The van der Waals surface area contributed by atoms with Crippen molar-refractivity contribution in [2.24, 2.45) is 0 Å². The van der Waals surface area contributed by atoms with E-state index in [2.05, 4.69) is 43.4 Å². The summed E-state index contributed by atoms with van der Waals surface area (Å²) in [5.74, 6) is 0. The molecule has 0 aromatic heterocycles. The van der Waals surface area contributed by atoms with Crippen molar-refractivity contribution in [3.8, 4) is 0 Å². The lowest BCUT2D eigenvalue weighted by Gasteiger charge is -2.07. The molecule has 0 saturated carbocycles. The van der Waals surface area contributed by atoms with E-state index >= 15 is 0 Å². The van der Waals surface area contributed by atoms with Crippen LogP contribution in [0.3, 0.4) is 0 Å². The van der Waals surface area contributed by atoms with Crippen LogP contribution < -0.4 is 5.48 Å². The van der Waals surface area contributed by atoms with Crippen LogP contribution in [0.5, 0.6) is 0 Å². The summed E-state index contributed by atoms with van der Waals surface area (Å²) in [6.07, 6.45) is 0. The van der Waals surface area contributed by atoms with E-state index < -0.39 is 0 Å². The summed E-state index contributed by atoms with van der Waals surface area (Å²) in [5.41, 5.74) is 5.28. The lowest BCUT2D eigenvalue weighted by molar-refractivity contribution is 0.0235. The van der Waals surface area contributed by atoms with E-state index in [1.165, 1.54) is 0 Å². The molecule has 0 aliphatic carbocycles. The van der Waals surface area contributed by atoms with E-state index in [4.69, 9.17) is 4.84 Å². The summed E-state index contributed by atoms with van der Waals surface area (Å²) in [5, 5.41) is 0. The van der Waals surface area contributed by atoms with Crippen molar-refractivity contribution in [3.63, 3.8) is 0 Å². The summed E-state index contributed by atoms with van der Waals surface area (Å²) in [6, 6.07) is 16.2. The number of hydrogen-bond acceptors (Lipinski definition) is 2. The Labute approximate surface area is 124 Å². The first-order chi connectivity index (χ1) is 8.75. The highest BCUT2D eigenvalue weighted by Crippen LogP contribution is 2.23. The normalized spacial score (nSPS) is 10.6. The smallest absolute Gasteiger partial charge is 0.0933 e. The van der Waals surface area contributed by atoms with E-state index in [-0.39, 0.29) is 0 Å². The fourth-order valence-corrected chi connectivity index (χ4v) is 2.17. The fourth-order valence-electron chi connectivity index (χ4n) is 1.49. The van der Waals surface area contributed by atoms with Gasteiger partial charge in [-0.1, -0.05) is 36.4 Å². The molecule has 4 heteroatoms. The molecule has 2 aromatic carbocycles. The average molecular weight is 371 g/mol. The van der Waals surface area contributed by atoms with Crippen LogP contribution in [0.15, 0.2) is 57.5 Å². The highest BCUT2D eigenvalue weighted by Gasteiger charge is 1.98. The zero-order valence-electron chi connectivity index (χ0n) is 9.70. The summed E-state index contributed by atoms with van der Waals surface area (Å²) in [6.45, 7) is 1.25. The number of halogens is 2. The number of benzene rings is 2. The van der Waals surface area contributed by atoms with Gasteiger partial charge in [0.2, 0.25) is 0 Å². The van der Waals surface area contributed by atoms with E-state index in [1.54, 1.807) is 0 Å². The highest BCUT2D eigenvalue weighted by atomic mass is 79.9. The third-order valence-corrected chi connectivity index (χ3v) is 4.32. The second kappa shape index (κ2) is 7.04. The largest absolute Gasteiger partial charge is 0.297 e. The number of rotatable bonds is 5. The van der Waals surface area contributed by atoms with Crippen LogP contribution in [-0.2, 0) is 18.0 Å². The molecule has 0 aliphatic heterocycles.